The zero-order chi connectivity index (χ0) is 14.8. The maximum Gasteiger partial charge on any atom is 0.356 e. The fourth-order valence-electron chi connectivity index (χ4n) is 1.76. The molecule has 3 N–H and O–H groups in total. The molecule has 0 bridgehead atoms. The number of ether oxygens (including phenoxy) is 1. The largest absolute Gasteiger partial charge is 0.464 e. The number of nitrogens with zero attached hydrogens (tertiary/aromatic N) is 1. The lowest BCUT2D eigenvalue weighted by molar-refractivity contribution is 0.0594. The predicted octanol–water partition coefficient (Wildman–Crippen LogP) is 2.79. The first-order valence-electron chi connectivity index (χ1n) is 6.76. The number of nitrogen functional groups attached to an aromatic ring is 1. The number of pyridine rings is 1. The van der Waals surface area contributed by atoms with Crippen LogP contribution < -0.4 is 11.1 Å². The molecule has 0 atom stereocenters. The Bertz CT molecular complexity index is 427. The number of carbonyl (C=O) groups excluding carboxylic acids is 1. The Morgan fingerprint density at radius 2 is 2.10 bits per heavy atom. The summed E-state index contributed by atoms with van der Waals surface area (Å²) >= 11 is 1.88. The van der Waals surface area contributed by atoms with E-state index in [9.17, 15) is 4.79 Å². The van der Waals surface area contributed by atoms with E-state index in [4.69, 9.17) is 5.73 Å². The molecule has 0 radical (unpaired) electrons. The van der Waals surface area contributed by atoms with E-state index < -0.39 is 5.97 Å². The molecule has 20 heavy (non-hydrogen) atoms. The van der Waals surface area contributed by atoms with Crippen LogP contribution >= 0.6 is 11.8 Å². The number of hydrogen-bond acceptors (Lipinski definition) is 6. The molecule has 0 aliphatic carbocycles. The summed E-state index contributed by atoms with van der Waals surface area (Å²) in [5, 5.41) is 3.17. The second-order valence-electron chi connectivity index (χ2n) is 4.46. The highest BCUT2D eigenvalue weighted by Crippen LogP contribution is 2.16. The van der Waals surface area contributed by atoms with E-state index in [-0.39, 0.29) is 5.69 Å². The van der Waals surface area contributed by atoms with E-state index in [0.717, 1.165) is 13.0 Å². The summed E-state index contributed by atoms with van der Waals surface area (Å²) in [6.07, 6.45) is 6.89. The number of unbranched alkanes of at least 4 members (excludes halogenated alkanes) is 3. The van der Waals surface area contributed by atoms with Crippen molar-refractivity contribution in [3.63, 3.8) is 0 Å². The van der Waals surface area contributed by atoms with E-state index in [2.05, 4.69) is 21.3 Å². The Morgan fingerprint density at radius 1 is 1.35 bits per heavy atom. The standard InChI is InChI=1S/C14H23N3O2S/c1-19-14(18)12-8-7-11(15)13(17-12)16-9-5-3-4-6-10-20-2/h7-8H,3-6,9-10,15H2,1-2H3,(H,16,17). The lowest BCUT2D eigenvalue weighted by Gasteiger charge is -2.09. The van der Waals surface area contributed by atoms with Gasteiger partial charge in [0.25, 0.3) is 0 Å². The number of methoxy groups -OCH3 is 1. The van der Waals surface area contributed by atoms with Crippen molar-refractivity contribution in [2.75, 3.05) is 36.7 Å². The second-order valence-corrected chi connectivity index (χ2v) is 5.45. The van der Waals surface area contributed by atoms with E-state index in [1.807, 2.05) is 11.8 Å². The third-order valence-corrected chi connectivity index (χ3v) is 3.59. The molecule has 0 aromatic carbocycles. The van der Waals surface area contributed by atoms with Gasteiger partial charge in [-0.2, -0.15) is 11.8 Å². The van der Waals surface area contributed by atoms with E-state index >= 15 is 0 Å². The van der Waals surface area contributed by atoms with Crippen LogP contribution in [0.4, 0.5) is 11.5 Å². The Labute approximate surface area is 124 Å². The smallest absolute Gasteiger partial charge is 0.356 e. The summed E-state index contributed by atoms with van der Waals surface area (Å²) in [5.74, 6) is 1.32. The molecule has 0 unspecified atom stereocenters. The molecule has 5 nitrogen and oxygen atoms in total. The number of nitrogens with one attached hydrogen (secondary N) is 1. The van der Waals surface area contributed by atoms with Gasteiger partial charge >= 0.3 is 5.97 Å². The third-order valence-electron chi connectivity index (χ3n) is 2.89. The van der Waals surface area contributed by atoms with Crippen molar-refractivity contribution in [1.29, 1.82) is 0 Å². The van der Waals surface area contributed by atoms with Crippen LogP contribution in [0.15, 0.2) is 12.1 Å². The van der Waals surface area contributed by atoms with Crippen LogP contribution in [0.2, 0.25) is 0 Å². The van der Waals surface area contributed by atoms with Crippen LogP contribution in [0.5, 0.6) is 0 Å². The Balaban J connectivity index is 2.37. The van der Waals surface area contributed by atoms with Gasteiger partial charge in [0.15, 0.2) is 5.69 Å². The zero-order valence-electron chi connectivity index (χ0n) is 12.1. The van der Waals surface area contributed by atoms with Crippen LogP contribution in [0.3, 0.4) is 0 Å². The van der Waals surface area contributed by atoms with Crippen molar-refractivity contribution in [2.45, 2.75) is 25.7 Å². The minimum absolute atomic E-state index is 0.268. The second kappa shape index (κ2) is 9.47. The fourth-order valence-corrected chi connectivity index (χ4v) is 2.25. The lowest BCUT2D eigenvalue weighted by Crippen LogP contribution is -2.10. The normalized spacial score (nSPS) is 10.3. The number of rotatable bonds is 9. The molecule has 0 amide bonds. The van der Waals surface area contributed by atoms with Gasteiger partial charge in [-0.25, -0.2) is 9.78 Å². The van der Waals surface area contributed by atoms with E-state index in [0.29, 0.717) is 11.5 Å². The number of nitrogens with two attached hydrogens (primary N) is 1. The van der Waals surface area contributed by atoms with Crippen molar-refractivity contribution in [2.24, 2.45) is 0 Å². The third kappa shape index (κ3) is 5.69. The molecule has 112 valence electrons. The van der Waals surface area contributed by atoms with Crippen LogP contribution in [0, 0.1) is 0 Å². The number of thioether (sulfide) groups is 1. The number of hydrogen-bond donors (Lipinski definition) is 2. The summed E-state index contributed by atoms with van der Waals surface area (Å²) in [6.45, 7) is 0.807. The SMILES string of the molecule is COC(=O)c1ccc(N)c(NCCCCCCSC)n1. The summed E-state index contributed by atoms with van der Waals surface area (Å²) < 4.78 is 4.64. The Kier molecular flexibility index (Phi) is 7.87. The summed E-state index contributed by atoms with van der Waals surface area (Å²) in [7, 11) is 1.34. The molecular formula is C14H23N3O2S. The molecule has 0 fully saturated rings. The zero-order valence-corrected chi connectivity index (χ0v) is 13.0. The maximum absolute atomic E-state index is 11.4. The average molecular weight is 297 g/mol. The topological polar surface area (TPSA) is 77.2 Å². The number of esters is 1. The van der Waals surface area contributed by atoms with Gasteiger partial charge in [-0.3, -0.25) is 0 Å². The molecule has 1 rings (SSSR count). The summed E-state index contributed by atoms with van der Waals surface area (Å²) in [4.78, 5) is 15.6. The van der Waals surface area contributed by atoms with Gasteiger partial charge in [0, 0.05) is 6.54 Å². The fraction of sp³-hybridized carbons (Fsp3) is 0.571. The highest BCUT2D eigenvalue weighted by atomic mass is 32.2. The maximum atomic E-state index is 11.4. The summed E-state index contributed by atoms with van der Waals surface area (Å²) in [6, 6.07) is 3.23. The number of carbonyl (C=O) groups is 1. The lowest BCUT2D eigenvalue weighted by atomic mass is 10.2. The van der Waals surface area contributed by atoms with Crippen molar-refractivity contribution in [1.82, 2.24) is 4.98 Å². The van der Waals surface area contributed by atoms with Crippen LogP contribution in [-0.4, -0.2) is 36.6 Å². The van der Waals surface area contributed by atoms with Gasteiger partial charge in [-0.1, -0.05) is 12.8 Å². The Morgan fingerprint density at radius 3 is 2.80 bits per heavy atom. The molecule has 0 aliphatic heterocycles. The molecule has 6 heteroatoms. The first kappa shape index (κ1) is 16.6. The summed E-state index contributed by atoms with van der Waals surface area (Å²) in [5.41, 5.74) is 6.64. The van der Waals surface area contributed by atoms with Gasteiger partial charge in [0.05, 0.1) is 12.8 Å². The molecular weight excluding hydrogens is 274 g/mol. The Hall–Kier alpha value is -1.43. The van der Waals surface area contributed by atoms with Gasteiger partial charge in [-0.05, 0) is 37.0 Å². The molecule has 0 aliphatic rings. The van der Waals surface area contributed by atoms with Crippen LogP contribution in [-0.2, 0) is 4.74 Å². The minimum atomic E-state index is -0.454. The number of aromatic nitrogens is 1. The van der Waals surface area contributed by atoms with Crippen LogP contribution in [0.1, 0.15) is 36.2 Å². The quantitative estimate of drug-likeness (QED) is 0.539. The molecule has 0 spiro atoms. The highest BCUT2D eigenvalue weighted by Gasteiger charge is 2.09. The van der Waals surface area contributed by atoms with Gasteiger partial charge in [-0.15, -0.1) is 0 Å². The highest BCUT2D eigenvalue weighted by molar-refractivity contribution is 7.98. The van der Waals surface area contributed by atoms with Gasteiger partial charge < -0.3 is 15.8 Å². The first-order valence-corrected chi connectivity index (χ1v) is 8.16. The molecule has 0 saturated heterocycles. The first-order chi connectivity index (χ1) is 9.69. The van der Waals surface area contributed by atoms with Crippen molar-refractivity contribution in [3.8, 4) is 0 Å². The average Bonchev–Trinajstić information content (AvgIpc) is 2.47. The van der Waals surface area contributed by atoms with Crippen molar-refractivity contribution in [3.05, 3.63) is 17.8 Å². The molecule has 0 saturated carbocycles. The predicted molar refractivity (Wildman–Crippen MR) is 85.3 cm³/mol. The minimum Gasteiger partial charge on any atom is -0.464 e. The van der Waals surface area contributed by atoms with Gasteiger partial charge in [0.2, 0.25) is 0 Å². The number of anilines is 2. The monoisotopic (exact) mass is 297 g/mol. The van der Waals surface area contributed by atoms with Crippen molar-refractivity contribution < 1.29 is 9.53 Å². The molecule has 1 aromatic heterocycles. The molecule has 1 heterocycles. The van der Waals surface area contributed by atoms with Crippen molar-refractivity contribution >= 4 is 29.2 Å². The van der Waals surface area contributed by atoms with Gasteiger partial charge in [0.1, 0.15) is 5.82 Å². The molecule has 1 aromatic rings. The van der Waals surface area contributed by atoms with E-state index in [1.165, 1.54) is 32.1 Å². The van der Waals surface area contributed by atoms with Crippen LogP contribution in [0.25, 0.3) is 0 Å². The van der Waals surface area contributed by atoms with E-state index in [1.54, 1.807) is 12.1 Å².